The minimum Gasteiger partial charge on any atom is -0.484 e. The van der Waals surface area contributed by atoms with Gasteiger partial charge in [-0.05, 0) is 43.3 Å². The Morgan fingerprint density at radius 1 is 1.25 bits per heavy atom. The van der Waals surface area contributed by atoms with Crippen LogP contribution in [0.1, 0.15) is 11.4 Å². The van der Waals surface area contributed by atoms with E-state index in [0.717, 1.165) is 11.4 Å². The number of amides is 1. The Balaban J connectivity index is 1.78. The first-order valence-electron chi connectivity index (χ1n) is 6.32. The summed E-state index contributed by atoms with van der Waals surface area (Å²) in [5.41, 5.74) is 2.22. The fourth-order valence-electron chi connectivity index (χ4n) is 1.76. The highest BCUT2D eigenvalue weighted by atomic mass is 35.5. The lowest BCUT2D eigenvalue weighted by molar-refractivity contribution is -0.123. The molecule has 106 valence electrons. The van der Waals surface area contributed by atoms with Crippen molar-refractivity contribution in [1.29, 1.82) is 0 Å². The average molecular weight is 293 g/mol. The Labute approximate surface area is 123 Å². The second-order valence-corrected chi connectivity index (χ2v) is 4.98. The first-order valence-corrected chi connectivity index (χ1v) is 6.70. The molecule has 0 atom stereocenters. The van der Waals surface area contributed by atoms with Gasteiger partial charge >= 0.3 is 0 Å². The van der Waals surface area contributed by atoms with Gasteiger partial charge in [0.25, 0.3) is 5.91 Å². The van der Waals surface area contributed by atoms with E-state index in [0.29, 0.717) is 17.3 Å². The molecule has 0 aliphatic heterocycles. The highest BCUT2D eigenvalue weighted by molar-refractivity contribution is 6.30. The molecule has 1 aromatic carbocycles. The summed E-state index contributed by atoms with van der Waals surface area (Å²) in [5.74, 6) is 0.470. The lowest BCUT2D eigenvalue weighted by Gasteiger charge is -2.09. The van der Waals surface area contributed by atoms with Gasteiger partial charge in [0.1, 0.15) is 5.75 Å². The van der Waals surface area contributed by atoms with Crippen molar-refractivity contribution >= 4 is 17.5 Å². The molecule has 20 heavy (non-hydrogen) atoms. The van der Waals surface area contributed by atoms with Crippen molar-refractivity contribution in [3.8, 4) is 5.75 Å². The zero-order valence-electron chi connectivity index (χ0n) is 11.5. The molecule has 4 nitrogen and oxygen atoms in total. The molecule has 2 aromatic rings. The highest BCUT2D eigenvalue weighted by Crippen LogP contribution is 2.15. The van der Waals surface area contributed by atoms with E-state index < -0.39 is 0 Å². The maximum Gasteiger partial charge on any atom is 0.258 e. The fourth-order valence-corrected chi connectivity index (χ4v) is 1.89. The van der Waals surface area contributed by atoms with Gasteiger partial charge in [-0.2, -0.15) is 0 Å². The Hall–Kier alpha value is -1.94. The predicted molar refractivity (Wildman–Crippen MR) is 78.9 cm³/mol. The van der Waals surface area contributed by atoms with Gasteiger partial charge in [0.15, 0.2) is 6.61 Å². The van der Waals surface area contributed by atoms with Crippen molar-refractivity contribution in [1.82, 2.24) is 9.88 Å². The standard InChI is InChI=1S/C15H17ClN2O2/c1-11-3-6-13(18(11)2)9-17-15(19)10-20-14-7-4-12(16)5-8-14/h3-8H,9-10H2,1-2H3,(H,17,19). The minimum atomic E-state index is -0.154. The van der Waals surface area contributed by atoms with E-state index in [-0.39, 0.29) is 12.5 Å². The number of rotatable bonds is 5. The van der Waals surface area contributed by atoms with Gasteiger partial charge in [-0.15, -0.1) is 0 Å². The molecule has 0 saturated heterocycles. The van der Waals surface area contributed by atoms with E-state index in [2.05, 4.69) is 5.32 Å². The number of ether oxygens (including phenoxy) is 1. The molecule has 0 bridgehead atoms. The van der Waals surface area contributed by atoms with Crippen molar-refractivity contribution < 1.29 is 9.53 Å². The van der Waals surface area contributed by atoms with Gasteiger partial charge in [-0.25, -0.2) is 0 Å². The van der Waals surface area contributed by atoms with Crippen molar-refractivity contribution in [2.24, 2.45) is 7.05 Å². The molecule has 0 aliphatic rings. The van der Waals surface area contributed by atoms with Crippen LogP contribution in [0.15, 0.2) is 36.4 Å². The Kier molecular flexibility index (Phi) is 4.69. The van der Waals surface area contributed by atoms with Crippen LogP contribution in [0.4, 0.5) is 0 Å². The second-order valence-electron chi connectivity index (χ2n) is 4.54. The summed E-state index contributed by atoms with van der Waals surface area (Å²) in [5, 5.41) is 3.46. The number of benzene rings is 1. The van der Waals surface area contributed by atoms with Crippen LogP contribution in [-0.2, 0) is 18.4 Å². The minimum absolute atomic E-state index is 0.00889. The molecule has 1 N–H and O–H groups in total. The Morgan fingerprint density at radius 3 is 2.55 bits per heavy atom. The fraction of sp³-hybridized carbons (Fsp3) is 0.267. The van der Waals surface area contributed by atoms with Gasteiger partial charge < -0.3 is 14.6 Å². The monoisotopic (exact) mass is 292 g/mol. The van der Waals surface area contributed by atoms with Crippen LogP contribution < -0.4 is 10.1 Å². The first kappa shape index (κ1) is 14.5. The Morgan fingerprint density at radius 2 is 1.95 bits per heavy atom. The average Bonchev–Trinajstić information content (AvgIpc) is 2.76. The molecule has 1 amide bonds. The second kappa shape index (κ2) is 6.48. The van der Waals surface area contributed by atoms with Gasteiger partial charge in [0.05, 0.1) is 6.54 Å². The first-order chi connectivity index (χ1) is 9.56. The topological polar surface area (TPSA) is 43.3 Å². The quantitative estimate of drug-likeness (QED) is 0.921. The van der Waals surface area contributed by atoms with Crippen LogP contribution in [-0.4, -0.2) is 17.1 Å². The number of hydrogen-bond donors (Lipinski definition) is 1. The normalized spacial score (nSPS) is 10.3. The highest BCUT2D eigenvalue weighted by Gasteiger charge is 2.05. The molecule has 1 heterocycles. The van der Waals surface area contributed by atoms with Crippen LogP contribution in [0.5, 0.6) is 5.75 Å². The summed E-state index contributed by atoms with van der Waals surface area (Å²) in [6.07, 6.45) is 0. The number of aryl methyl sites for hydroxylation is 1. The van der Waals surface area contributed by atoms with Gasteiger partial charge in [-0.1, -0.05) is 11.6 Å². The maximum absolute atomic E-state index is 11.7. The molecule has 5 heteroatoms. The third-order valence-corrected chi connectivity index (χ3v) is 3.38. The van der Waals surface area contributed by atoms with Crippen molar-refractivity contribution in [2.75, 3.05) is 6.61 Å². The number of carbonyl (C=O) groups excluding carboxylic acids is 1. The zero-order valence-corrected chi connectivity index (χ0v) is 12.3. The third kappa shape index (κ3) is 3.78. The molecule has 0 radical (unpaired) electrons. The summed E-state index contributed by atoms with van der Waals surface area (Å²) in [6.45, 7) is 2.51. The van der Waals surface area contributed by atoms with Crippen LogP contribution in [0.3, 0.4) is 0 Å². The molecule has 0 spiro atoms. The van der Waals surface area contributed by atoms with E-state index in [9.17, 15) is 4.79 Å². The van der Waals surface area contributed by atoms with E-state index in [1.54, 1.807) is 24.3 Å². The van der Waals surface area contributed by atoms with Crippen LogP contribution in [0.2, 0.25) is 5.02 Å². The van der Waals surface area contributed by atoms with Crippen LogP contribution in [0.25, 0.3) is 0 Å². The van der Waals surface area contributed by atoms with E-state index in [1.165, 1.54) is 0 Å². The number of halogens is 1. The van der Waals surface area contributed by atoms with Crippen molar-refractivity contribution in [3.05, 3.63) is 52.8 Å². The SMILES string of the molecule is Cc1ccc(CNC(=O)COc2ccc(Cl)cc2)n1C. The zero-order chi connectivity index (χ0) is 14.5. The summed E-state index contributed by atoms with van der Waals surface area (Å²) >= 11 is 5.77. The number of nitrogens with one attached hydrogen (secondary N) is 1. The van der Waals surface area contributed by atoms with E-state index in [4.69, 9.17) is 16.3 Å². The number of aromatic nitrogens is 1. The maximum atomic E-state index is 11.7. The molecule has 0 fully saturated rings. The summed E-state index contributed by atoms with van der Waals surface area (Å²) < 4.78 is 7.41. The number of hydrogen-bond acceptors (Lipinski definition) is 2. The largest absolute Gasteiger partial charge is 0.484 e. The molecule has 0 aliphatic carbocycles. The molecular weight excluding hydrogens is 276 g/mol. The third-order valence-electron chi connectivity index (χ3n) is 3.13. The molecule has 0 unspecified atom stereocenters. The molecule has 1 aromatic heterocycles. The van der Waals surface area contributed by atoms with Crippen molar-refractivity contribution in [3.63, 3.8) is 0 Å². The molecule has 0 saturated carbocycles. The lowest BCUT2D eigenvalue weighted by Crippen LogP contribution is -2.29. The van der Waals surface area contributed by atoms with Crippen LogP contribution >= 0.6 is 11.6 Å². The van der Waals surface area contributed by atoms with E-state index >= 15 is 0 Å². The summed E-state index contributed by atoms with van der Waals surface area (Å²) in [6, 6.07) is 10.9. The smallest absolute Gasteiger partial charge is 0.258 e. The van der Waals surface area contributed by atoms with Gasteiger partial charge in [0, 0.05) is 23.5 Å². The summed E-state index contributed by atoms with van der Waals surface area (Å²) in [7, 11) is 1.97. The Bertz CT molecular complexity index is 590. The number of carbonyl (C=O) groups is 1. The van der Waals surface area contributed by atoms with Crippen molar-refractivity contribution in [2.45, 2.75) is 13.5 Å². The van der Waals surface area contributed by atoms with Gasteiger partial charge in [0.2, 0.25) is 0 Å². The summed E-state index contributed by atoms with van der Waals surface area (Å²) in [4.78, 5) is 11.7. The molecule has 2 rings (SSSR count). The van der Waals surface area contributed by atoms with E-state index in [1.807, 2.05) is 30.7 Å². The van der Waals surface area contributed by atoms with Crippen LogP contribution in [0, 0.1) is 6.92 Å². The lowest BCUT2D eigenvalue weighted by atomic mass is 10.3. The predicted octanol–water partition coefficient (Wildman–Crippen LogP) is 2.68. The molecular formula is C15H17ClN2O2. The number of nitrogens with zero attached hydrogens (tertiary/aromatic N) is 1. The van der Waals surface area contributed by atoms with Gasteiger partial charge in [-0.3, -0.25) is 4.79 Å².